The van der Waals surface area contributed by atoms with Crippen molar-refractivity contribution in [2.45, 2.75) is 18.9 Å². The number of hydrogen-bond acceptors (Lipinski definition) is 2. The van der Waals surface area contributed by atoms with Crippen molar-refractivity contribution in [2.75, 3.05) is 0 Å². The summed E-state index contributed by atoms with van der Waals surface area (Å²) in [5.41, 5.74) is 0.518. The van der Waals surface area contributed by atoms with Gasteiger partial charge in [-0.1, -0.05) is 0 Å². The normalized spacial score (nSPS) is 15.7. The molecule has 3 nitrogen and oxygen atoms in total. The minimum absolute atomic E-state index is 0.0643. The fraction of sp³-hybridized carbons (Fsp3) is 0.333. The Balaban J connectivity index is 2.03. The van der Waals surface area contributed by atoms with Crippen molar-refractivity contribution < 1.29 is 4.79 Å². The number of hydrogen-bond donors (Lipinski definition) is 1. The first-order valence-electron chi connectivity index (χ1n) is 4.00. The number of aromatic nitrogens is 1. The monoisotopic (exact) mass is 161 g/mol. The molecule has 1 aromatic heterocycles. The van der Waals surface area contributed by atoms with E-state index in [1.165, 1.54) is 0 Å². The van der Waals surface area contributed by atoms with Gasteiger partial charge in [0.05, 0.1) is 5.56 Å². The first-order valence-corrected chi connectivity index (χ1v) is 4.00. The second kappa shape index (κ2) is 2.93. The van der Waals surface area contributed by atoms with Crippen molar-refractivity contribution in [1.82, 2.24) is 10.3 Å². The van der Waals surface area contributed by atoms with Crippen LogP contribution in [0, 0.1) is 6.20 Å². The molecule has 12 heavy (non-hydrogen) atoms. The highest BCUT2D eigenvalue weighted by Crippen LogP contribution is 2.18. The van der Waals surface area contributed by atoms with E-state index in [0.29, 0.717) is 11.6 Å². The highest BCUT2D eigenvalue weighted by atomic mass is 16.1. The van der Waals surface area contributed by atoms with Crippen LogP contribution in [-0.4, -0.2) is 16.9 Å². The lowest BCUT2D eigenvalue weighted by atomic mass is 10.3. The molecule has 0 saturated heterocycles. The van der Waals surface area contributed by atoms with Crippen molar-refractivity contribution in [3.63, 3.8) is 0 Å². The molecular weight excluding hydrogens is 152 g/mol. The molecule has 1 aliphatic rings. The lowest BCUT2D eigenvalue weighted by molar-refractivity contribution is 0.0950. The summed E-state index contributed by atoms with van der Waals surface area (Å²) in [6.45, 7) is 0. The standard InChI is InChI=1S/C9H9N2O/c12-9(11-8-3-4-8)7-2-1-5-10-6-7/h1-2,5,8H,3-4H2,(H,11,12). The van der Waals surface area contributed by atoms with E-state index in [1.807, 2.05) is 0 Å². The molecular formula is C9H9N2O. The van der Waals surface area contributed by atoms with Crippen LogP contribution in [0.5, 0.6) is 0 Å². The van der Waals surface area contributed by atoms with Crippen LogP contribution in [0.1, 0.15) is 23.2 Å². The summed E-state index contributed by atoms with van der Waals surface area (Å²) in [5, 5.41) is 2.86. The van der Waals surface area contributed by atoms with Crippen molar-refractivity contribution in [3.05, 3.63) is 30.1 Å². The van der Waals surface area contributed by atoms with Crippen LogP contribution in [0.4, 0.5) is 0 Å². The first kappa shape index (κ1) is 7.28. The molecule has 1 N–H and O–H groups in total. The Bertz CT molecular complexity index is 280. The molecule has 1 fully saturated rings. The Morgan fingerprint density at radius 1 is 1.67 bits per heavy atom. The Hall–Kier alpha value is -1.38. The molecule has 0 unspecified atom stereocenters. The molecule has 1 aliphatic carbocycles. The van der Waals surface area contributed by atoms with Crippen LogP contribution in [-0.2, 0) is 0 Å². The molecule has 1 heterocycles. The zero-order chi connectivity index (χ0) is 8.39. The van der Waals surface area contributed by atoms with Crippen molar-refractivity contribution in [1.29, 1.82) is 0 Å². The summed E-state index contributed by atoms with van der Waals surface area (Å²) in [5.74, 6) is -0.0643. The van der Waals surface area contributed by atoms with Crippen LogP contribution in [0.15, 0.2) is 18.3 Å². The number of carbonyl (C=O) groups is 1. The van der Waals surface area contributed by atoms with Gasteiger partial charge in [-0.25, -0.2) is 0 Å². The zero-order valence-electron chi connectivity index (χ0n) is 6.58. The summed E-state index contributed by atoms with van der Waals surface area (Å²) in [4.78, 5) is 15.1. The molecule has 0 bridgehead atoms. The smallest absolute Gasteiger partial charge is 0.253 e. The Morgan fingerprint density at radius 2 is 2.50 bits per heavy atom. The SMILES string of the molecule is O=C(NC1CC1)c1[c]nccc1. The molecule has 0 aliphatic heterocycles. The highest BCUT2D eigenvalue weighted by molar-refractivity contribution is 5.93. The van der Waals surface area contributed by atoms with Gasteiger partial charge in [0.15, 0.2) is 0 Å². The van der Waals surface area contributed by atoms with E-state index < -0.39 is 0 Å². The van der Waals surface area contributed by atoms with Crippen molar-refractivity contribution >= 4 is 5.91 Å². The van der Waals surface area contributed by atoms with Gasteiger partial charge in [0, 0.05) is 12.2 Å². The predicted molar refractivity (Wildman–Crippen MR) is 43.6 cm³/mol. The van der Waals surface area contributed by atoms with Gasteiger partial charge in [-0.05, 0) is 25.0 Å². The molecule has 3 heteroatoms. The Labute approximate surface area is 70.8 Å². The minimum atomic E-state index is -0.0643. The molecule has 0 spiro atoms. The second-order valence-corrected chi connectivity index (χ2v) is 2.91. The van der Waals surface area contributed by atoms with Gasteiger partial charge in [-0.3, -0.25) is 9.78 Å². The van der Waals surface area contributed by atoms with Crippen LogP contribution >= 0.6 is 0 Å². The molecule has 1 radical (unpaired) electrons. The van der Waals surface area contributed by atoms with Crippen molar-refractivity contribution in [2.24, 2.45) is 0 Å². The maximum Gasteiger partial charge on any atom is 0.253 e. The molecule has 1 aromatic rings. The Kier molecular flexibility index (Phi) is 1.78. The van der Waals surface area contributed by atoms with Crippen molar-refractivity contribution in [3.8, 4) is 0 Å². The van der Waals surface area contributed by atoms with Crippen LogP contribution in [0.25, 0.3) is 0 Å². The number of carbonyl (C=O) groups excluding carboxylic acids is 1. The zero-order valence-corrected chi connectivity index (χ0v) is 6.58. The van der Waals surface area contributed by atoms with E-state index in [4.69, 9.17) is 0 Å². The summed E-state index contributed by atoms with van der Waals surface area (Å²) in [7, 11) is 0. The van der Waals surface area contributed by atoms with Gasteiger partial charge in [0.25, 0.3) is 5.91 Å². The number of pyridine rings is 1. The minimum Gasteiger partial charge on any atom is -0.349 e. The van der Waals surface area contributed by atoms with E-state index in [2.05, 4.69) is 16.5 Å². The molecule has 1 amide bonds. The van der Waals surface area contributed by atoms with Gasteiger partial charge >= 0.3 is 0 Å². The number of nitrogens with zero attached hydrogens (tertiary/aromatic N) is 1. The number of nitrogens with one attached hydrogen (secondary N) is 1. The van der Waals surface area contributed by atoms with E-state index in [1.54, 1.807) is 18.3 Å². The summed E-state index contributed by atoms with van der Waals surface area (Å²) < 4.78 is 0. The fourth-order valence-corrected chi connectivity index (χ4v) is 0.944. The maximum absolute atomic E-state index is 11.3. The Morgan fingerprint density at radius 3 is 3.08 bits per heavy atom. The predicted octanol–water partition coefficient (Wildman–Crippen LogP) is 0.774. The third-order valence-corrected chi connectivity index (χ3v) is 1.77. The molecule has 1 saturated carbocycles. The van der Waals surface area contributed by atoms with E-state index in [0.717, 1.165) is 12.8 Å². The summed E-state index contributed by atoms with van der Waals surface area (Å²) in [6.07, 6.45) is 6.45. The summed E-state index contributed by atoms with van der Waals surface area (Å²) >= 11 is 0. The van der Waals surface area contributed by atoms with Crippen LogP contribution in [0.2, 0.25) is 0 Å². The van der Waals surface area contributed by atoms with Gasteiger partial charge in [-0.2, -0.15) is 0 Å². The van der Waals surface area contributed by atoms with Gasteiger partial charge in [0.2, 0.25) is 0 Å². The second-order valence-electron chi connectivity index (χ2n) is 2.91. The quantitative estimate of drug-likeness (QED) is 0.696. The van der Waals surface area contributed by atoms with Gasteiger partial charge < -0.3 is 5.32 Å². The molecule has 0 aromatic carbocycles. The summed E-state index contributed by atoms with van der Waals surface area (Å²) in [6, 6.07) is 3.84. The largest absolute Gasteiger partial charge is 0.349 e. The maximum atomic E-state index is 11.3. The third-order valence-electron chi connectivity index (χ3n) is 1.77. The average Bonchev–Trinajstić information content (AvgIpc) is 2.90. The number of amides is 1. The lowest BCUT2D eigenvalue weighted by Crippen LogP contribution is -2.25. The topological polar surface area (TPSA) is 42.0 Å². The van der Waals surface area contributed by atoms with Crippen LogP contribution in [0.3, 0.4) is 0 Å². The van der Waals surface area contributed by atoms with Gasteiger partial charge in [0.1, 0.15) is 6.20 Å². The van der Waals surface area contributed by atoms with E-state index in [-0.39, 0.29) is 5.91 Å². The van der Waals surface area contributed by atoms with Gasteiger partial charge in [-0.15, -0.1) is 0 Å². The third kappa shape index (κ3) is 1.61. The van der Waals surface area contributed by atoms with Crippen LogP contribution < -0.4 is 5.32 Å². The lowest BCUT2D eigenvalue weighted by Gasteiger charge is -2.00. The number of rotatable bonds is 2. The van der Waals surface area contributed by atoms with E-state index in [9.17, 15) is 4.79 Å². The highest BCUT2D eigenvalue weighted by Gasteiger charge is 2.23. The molecule has 0 atom stereocenters. The first-order chi connectivity index (χ1) is 5.86. The molecule has 61 valence electrons. The van der Waals surface area contributed by atoms with E-state index >= 15 is 0 Å². The average molecular weight is 161 g/mol. The molecule has 2 rings (SSSR count). The fourth-order valence-electron chi connectivity index (χ4n) is 0.944.